The van der Waals surface area contributed by atoms with Crippen LogP contribution in [0, 0.1) is 0 Å². The van der Waals surface area contributed by atoms with Crippen molar-refractivity contribution < 1.29 is 9.90 Å². The number of amides is 1. The molecule has 0 bridgehead atoms. The maximum Gasteiger partial charge on any atom is 0.425 e. The first-order chi connectivity index (χ1) is 5.70. The van der Waals surface area contributed by atoms with E-state index >= 15 is 0 Å². The van der Waals surface area contributed by atoms with Gasteiger partial charge in [0.05, 0.1) is 5.71 Å². The van der Waals surface area contributed by atoms with Crippen LogP contribution in [0.1, 0.15) is 12.5 Å². The fourth-order valence-electron chi connectivity index (χ4n) is 0.667. The standard InChI is InChI=1S/C7H8N2O2S/c1-5(8-9-7(10)11)6-2-3-12-4-6/h2-4,9H,1H3,(H,10,11). The molecule has 1 heterocycles. The predicted molar refractivity (Wildman–Crippen MR) is 47.7 cm³/mol. The number of carbonyl (C=O) groups is 1. The minimum absolute atomic E-state index is 0.665. The average Bonchev–Trinajstić information content (AvgIpc) is 2.51. The minimum atomic E-state index is -1.15. The topological polar surface area (TPSA) is 61.7 Å². The van der Waals surface area contributed by atoms with Crippen LogP contribution >= 0.6 is 11.3 Å². The molecule has 1 amide bonds. The van der Waals surface area contributed by atoms with Crippen LogP contribution in [0.4, 0.5) is 4.79 Å². The molecule has 0 aliphatic rings. The lowest BCUT2D eigenvalue weighted by Gasteiger charge is -1.94. The van der Waals surface area contributed by atoms with Crippen molar-refractivity contribution >= 4 is 23.1 Å². The van der Waals surface area contributed by atoms with Crippen molar-refractivity contribution in [2.24, 2.45) is 5.10 Å². The summed E-state index contributed by atoms with van der Waals surface area (Å²) in [5.41, 5.74) is 3.55. The van der Waals surface area contributed by atoms with Gasteiger partial charge in [-0.25, -0.2) is 10.2 Å². The Morgan fingerprint density at radius 3 is 3.00 bits per heavy atom. The van der Waals surface area contributed by atoms with Gasteiger partial charge in [0.2, 0.25) is 0 Å². The number of hydrazone groups is 1. The Hall–Kier alpha value is -1.36. The van der Waals surface area contributed by atoms with Crippen LogP contribution in [-0.4, -0.2) is 16.9 Å². The fraction of sp³-hybridized carbons (Fsp3) is 0.143. The molecular formula is C7H8N2O2S. The lowest BCUT2D eigenvalue weighted by atomic mass is 10.2. The summed E-state index contributed by atoms with van der Waals surface area (Å²) in [6.07, 6.45) is -1.15. The van der Waals surface area contributed by atoms with Crippen molar-refractivity contribution in [2.45, 2.75) is 6.92 Å². The third-order valence-electron chi connectivity index (χ3n) is 1.26. The molecule has 0 fully saturated rings. The van der Waals surface area contributed by atoms with Crippen molar-refractivity contribution in [2.75, 3.05) is 0 Å². The first kappa shape index (κ1) is 8.73. The number of hydrogen-bond donors (Lipinski definition) is 2. The Balaban J connectivity index is 2.65. The van der Waals surface area contributed by atoms with Gasteiger partial charge in [-0.3, -0.25) is 0 Å². The second-order valence-electron chi connectivity index (χ2n) is 2.13. The number of hydrogen-bond acceptors (Lipinski definition) is 3. The molecule has 0 saturated heterocycles. The number of nitrogens with zero attached hydrogens (tertiary/aromatic N) is 1. The number of nitrogens with one attached hydrogen (secondary N) is 1. The molecule has 1 aromatic heterocycles. The van der Waals surface area contributed by atoms with Crippen LogP contribution in [0.5, 0.6) is 0 Å². The number of thiophene rings is 1. The second-order valence-corrected chi connectivity index (χ2v) is 2.91. The summed E-state index contributed by atoms with van der Waals surface area (Å²) in [4.78, 5) is 10.1. The van der Waals surface area contributed by atoms with Crippen LogP contribution in [-0.2, 0) is 0 Å². The van der Waals surface area contributed by atoms with Crippen molar-refractivity contribution in [1.29, 1.82) is 0 Å². The first-order valence-electron chi connectivity index (χ1n) is 3.26. The van der Waals surface area contributed by atoms with Gasteiger partial charge in [0, 0.05) is 5.56 Å². The summed E-state index contributed by atoms with van der Waals surface area (Å²) in [7, 11) is 0. The summed E-state index contributed by atoms with van der Waals surface area (Å²) in [6.45, 7) is 1.75. The van der Waals surface area contributed by atoms with Crippen LogP contribution in [0.2, 0.25) is 0 Å². The summed E-state index contributed by atoms with van der Waals surface area (Å²) in [5, 5.41) is 15.7. The molecule has 0 aliphatic heterocycles. The molecular weight excluding hydrogens is 176 g/mol. The van der Waals surface area contributed by atoms with E-state index in [1.165, 1.54) is 0 Å². The van der Waals surface area contributed by atoms with Crippen LogP contribution in [0.3, 0.4) is 0 Å². The van der Waals surface area contributed by atoms with Gasteiger partial charge in [0.1, 0.15) is 0 Å². The first-order valence-corrected chi connectivity index (χ1v) is 4.20. The normalized spacial score (nSPS) is 11.2. The molecule has 5 heteroatoms. The largest absolute Gasteiger partial charge is 0.464 e. The molecule has 4 nitrogen and oxygen atoms in total. The molecule has 0 aliphatic carbocycles. The Morgan fingerprint density at radius 2 is 2.50 bits per heavy atom. The Bertz CT molecular complexity index is 292. The Kier molecular flexibility index (Phi) is 2.82. The van der Waals surface area contributed by atoms with E-state index in [4.69, 9.17) is 5.11 Å². The van der Waals surface area contributed by atoms with E-state index in [9.17, 15) is 4.79 Å². The van der Waals surface area contributed by atoms with Gasteiger partial charge >= 0.3 is 6.09 Å². The molecule has 0 radical (unpaired) electrons. The molecule has 12 heavy (non-hydrogen) atoms. The van der Waals surface area contributed by atoms with E-state index in [0.717, 1.165) is 5.56 Å². The highest BCUT2D eigenvalue weighted by atomic mass is 32.1. The van der Waals surface area contributed by atoms with Crippen molar-refractivity contribution in [3.8, 4) is 0 Å². The molecule has 0 spiro atoms. The van der Waals surface area contributed by atoms with Crippen molar-refractivity contribution in [3.63, 3.8) is 0 Å². The third kappa shape index (κ3) is 2.35. The summed E-state index contributed by atoms with van der Waals surface area (Å²) < 4.78 is 0. The summed E-state index contributed by atoms with van der Waals surface area (Å²) >= 11 is 1.55. The second kappa shape index (κ2) is 3.87. The van der Waals surface area contributed by atoms with Gasteiger partial charge in [0.25, 0.3) is 0 Å². The Morgan fingerprint density at radius 1 is 1.75 bits per heavy atom. The van der Waals surface area contributed by atoms with Gasteiger partial charge in [-0.2, -0.15) is 16.4 Å². The van der Waals surface area contributed by atoms with E-state index in [2.05, 4.69) is 5.10 Å². The number of carboxylic acid groups (broad SMARTS) is 1. The maximum absolute atomic E-state index is 10.1. The number of rotatable bonds is 2. The van der Waals surface area contributed by atoms with Gasteiger partial charge in [-0.05, 0) is 23.8 Å². The monoisotopic (exact) mass is 184 g/mol. The van der Waals surface area contributed by atoms with Gasteiger partial charge in [-0.15, -0.1) is 0 Å². The summed E-state index contributed by atoms with van der Waals surface area (Å²) in [5.74, 6) is 0. The highest BCUT2D eigenvalue weighted by molar-refractivity contribution is 7.08. The molecule has 1 rings (SSSR count). The lowest BCUT2D eigenvalue weighted by molar-refractivity contribution is 0.195. The highest BCUT2D eigenvalue weighted by Gasteiger charge is 1.97. The average molecular weight is 184 g/mol. The van der Waals surface area contributed by atoms with Crippen LogP contribution < -0.4 is 5.43 Å². The molecule has 0 saturated carbocycles. The maximum atomic E-state index is 10.1. The molecule has 1 aromatic rings. The van der Waals surface area contributed by atoms with Gasteiger partial charge < -0.3 is 5.11 Å². The highest BCUT2D eigenvalue weighted by Crippen LogP contribution is 2.06. The van der Waals surface area contributed by atoms with E-state index < -0.39 is 6.09 Å². The van der Waals surface area contributed by atoms with E-state index in [1.807, 2.05) is 22.3 Å². The van der Waals surface area contributed by atoms with E-state index in [1.54, 1.807) is 18.3 Å². The SMILES string of the molecule is CC(=NNC(=O)O)c1ccsc1. The summed E-state index contributed by atoms with van der Waals surface area (Å²) in [6, 6.07) is 1.88. The van der Waals surface area contributed by atoms with Crippen molar-refractivity contribution in [1.82, 2.24) is 5.43 Å². The van der Waals surface area contributed by atoms with Gasteiger partial charge in [0.15, 0.2) is 0 Å². The molecule has 0 unspecified atom stereocenters. The van der Waals surface area contributed by atoms with Crippen LogP contribution in [0.15, 0.2) is 21.9 Å². The third-order valence-corrected chi connectivity index (χ3v) is 1.94. The zero-order valence-electron chi connectivity index (χ0n) is 6.44. The zero-order valence-corrected chi connectivity index (χ0v) is 7.26. The van der Waals surface area contributed by atoms with Crippen LogP contribution in [0.25, 0.3) is 0 Å². The smallest absolute Gasteiger partial charge is 0.425 e. The quantitative estimate of drug-likeness (QED) is 0.543. The lowest BCUT2D eigenvalue weighted by Crippen LogP contribution is -2.15. The molecule has 0 aromatic carbocycles. The van der Waals surface area contributed by atoms with Gasteiger partial charge in [-0.1, -0.05) is 0 Å². The fourth-order valence-corrected chi connectivity index (χ4v) is 1.37. The molecule has 2 N–H and O–H groups in total. The Labute approximate surface area is 73.5 Å². The minimum Gasteiger partial charge on any atom is -0.464 e. The predicted octanol–water partition coefficient (Wildman–Crippen LogP) is 1.74. The molecule has 64 valence electrons. The van der Waals surface area contributed by atoms with Crippen molar-refractivity contribution in [3.05, 3.63) is 22.4 Å². The zero-order chi connectivity index (χ0) is 8.97. The van der Waals surface area contributed by atoms with E-state index in [-0.39, 0.29) is 0 Å². The molecule has 0 atom stereocenters. The van der Waals surface area contributed by atoms with E-state index in [0.29, 0.717) is 5.71 Å².